The van der Waals surface area contributed by atoms with Gasteiger partial charge in [0, 0.05) is 17.4 Å². The van der Waals surface area contributed by atoms with Gasteiger partial charge in [-0.15, -0.1) is 0 Å². The van der Waals surface area contributed by atoms with E-state index in [1.807, 2.05) is 13.0 Å². The van der Waals surface area contributed by atoms with E-state index < -0.39 is 5.97 Å². The van der Waals surface area contributed by atoms with Crippen LogP contribution in [0.5, 0.6) is 0 Å². The van der Waals surface area contributed by atoms with E-state index in [1.54, 1.807) is 28.8 Å². The van der Waals surface area contributed by atoms with E-state index in [-0.39, 0.29) is 12.1 Å². The zero-order chi connectivity index (χ0) is 14.7. The Morgan fingerprint density at radius 2 is 1.95 bits per heavy atom. The third-order valence-corrected chi connectivity index (χ3v) is 3.17. The third-order valence-electron chi connectivity index (χ3n) is 3.17. The maximum atomic E-state index is 11.9. The largest absolute Gasteiger partial charge is 0.465 e. The summed E-state index contributed by atoms with van der Waals surface area (Å²) in [6.45, 7) is 2.12. The van der Waals surface area contributed by atoms with Crippen LogP contribution in [0.4, 0.5) is 5.69 Å². The SMILES string of the molecule is COC(=O)c1c(N)cccc1Cn1c(C)cccc1=O. The summed E-state index contributed by atoms with van der Waals surface area (Å²) >= 11 is 0. The van der Waals surface area contributed by atoms with Crippen LogP contribution in [-0.2, 0) is 11.3 Å². The lowest BCUT2D eigenvalue weighted by Gasteiger charge is -2.13. The van der Waals surface area contributed by atoms with Crippen molar-refractivity contribution >= 4 is 11.7 Å². The first-order chi connectivity index (χ1) is 9.54. The van der Waals surface area contributed by atoms with E-state index in [0.717, 1.165) is 5.69 Å². The molecule has 2 N–H and O–H groups in total. The molecule has 0 saturated carbocycles. The van der Waals surface area contributed by atoms with Crippen LogP contribution >= 0.6 is 0 Å². The van der Waals surface area contributed by atoms with Gasteiger partial charge in [-0.3, -0.25) is 4.79 Å². The molecule has 0 bridgehead atoms. The smallest absolute Gasteiger partial charge is 0.340 e. The standard InChI is InChI=1S/C15H16N2O3/c1-10-5-3-8-13(18)17(10)9-11-6-4-7-12(16)14(11)15(19)20-2/h3-8H,9,16H2,1-2H3. The van der Waals surface area contributed by atoms with Gasteiger partial charge in [-0.25, -0.2) is 4.79 Å². The number of aromatic nitrogens is 1. The molecule has 0 aliphatic carbocycles. The number of carbonyl (C=O) groups excluding carboxylic acids is 1. The summed E-state index contributed by atoms with van der Waals surface area (Å²) in [5.74, 6) is -0.500. The van der Waals surface area contributed by atoms with Gasteiger partial charge < -0.3 is 15.0 Å². The Hall–Kier alpha value is -2.56. The molecule has 0 aliphatic rings. The van der Waals surface area contributed by atoms with E-state index in [0.29, 0.717) is 16.8 Å². The predicted molar refractivity (Wildman–Crippen MR) is 76.7 cm³/mol. The topological polar surface area (TPSA) is 74.3 Å². The van der Waals surface area contributed by atoms with Crippen molar-refractivity contribution in [3.8, 4) is 0 Å². The van der Waals surface area contributed by atoms with E-state index in [1.165, 1.54) is 13.2 Å². The van der Waals surface area contributed by atoms with Crippen LogP contribution < -0.4 is 11.3 Å². The lowest BCUT2D eigenvalue weighted by Crippen LogP contribution is -2.23. The van der Waals surface area contributed by atoms with Crippen LogP contribution in [0.1, 0.15) is 21.6 Å². The second-order valence-corrected chi connectivity index (χ2v) is 4.46. The van der Waals surface area contributed by atoms with Crippen molar-refractivity contribution in [1.82, 2.24) is 4.57 Å². The Labute approximate surface area is 116 Å². The molecule has 1 aromatic carbocycles. The average molecular weight is 272 g/mol. The number of aryl methyl sites for hydroxylation is 1. The van der Waals surface area contributed by atoms with Crippen LogP contribution in [0.15, 0.2) is 41.2 Å². The highest BCUT2D eigenvalue weighted by molar-refractivity contribution is 5.96. The first-order valence-corrected chi connectivity index (χ1v) is 6.16. The van der Waals surface area contributed by atoms with Gasteiger partial charge in [-0.05, 0) is 24.6 Å². The highest BCUT2D eigenvalue weighted by Crippen LogP contribution is 2.19. The van der Waals surface area contributed by atoms with Crippen molar-refractivity contribution in [3.05, 3.63) is 63.6 Å². The van der Waals surface area contributed by atoms with Gasteiger partial charge in [0.05, 0.1) is 19.2 Å². The lowest BCUT2D eigenvalue weighted by atomic mass is 10.1. The van der Waals surface area contributed by atoms with Crippen LogP contribution in [0.2, 0.25) is 0 Å². The number of nitrogens with two attached hydrogens (primary N) is 1. The van der Waals surface area contributed by atoms with Gasteiger partial charge >= 0.3 is 5.97 Å². The van der Waals surface area contributed by atoms with Crippen LogP contribution in [0.25, 0.3) is 0 Å². The fourth-order valence-electron chi connectivity index (χ4n) is 2.10. The van der Waals surface area contributed by atoms with Crippen molar-refractivity contribution in [3.63, 3.8) is 0 Å². The van der Waals surface area contributed by atoms with E-state index in [9.17, 15) is 9.59 Å². The summed E-state index contributed by atoms with van der Waals surface area (Å²) in [5.41, 5.74) is 7.85. The highest BCUT2D eigenvalue weighted by atomic mass is 16.5. The summed E-state index contributed by atoms with van der Waals surface area (Å²) in [7, 11) is 1.30. The van der Waals surface area contributed by atoms with Crippen molar-refractivity contribution in [1.29, 1.82) is 0 Å². The number of ether oxygens (including phenoxy) is 1. The number of anilines is 1. The molecule has 0 fully saturated rings. The molecule has 1 heterocycles. The molecular formula is C15H16N2O3. The van der Waals surface area contributed by atoms with Gasteiger partial charge in [0.2, 0.25) is 0 Å². The van der Waals surface area contributed by atoms with E-state index >= 15 is 0 Å². The van der Waals surface area contributed by atoms with Gasteiger partial charge in [-0.1, -0.05) is 18.2 Å². The Kier molecular flexibility index (Phi) is 3.89. The van der Waals surface area contributed by atoms with Crippen molar-refractivity contribution in [2.45, 2.75) is 13.5 Å². The summed E-state index contributed by atoms with van der Waals surface area (Å²) in [6, 6.07) is 10.2. The average Bonchev–Trinajstić information content (AvgIpc) is 2.42. The highest BCUT2D eigenvalue weighted by Gasteiger charge is 2.16. The van der Waals surface area contributed by atoms with Gasteiger partial charge in [0.15, 0.2) is 0 Å². The molecule has 5 heteroatoms. The summed E-state index contributed by atoms with van der Waals surface area (Å²) in [5, 5.41) is 0. The Bertz CT molecular complexity index is 705. The number of carbonyl (C=O) groups is 1. The third kappa shape index (κ3) is 2.56. The van der Waals surface area contributed by atoms with Crippen molar-refractivity contribution < 1.29 is 9.53 Å². The minimum atomic E-state index is -0.500. The molecule has 0 amide bonds. The van der Waals surface area contributed by atoms with E-state index in [2.05, 4.69) is 0 Å². The molecule has 0 radical (unpaired) electrons. The van der Waals surface area contributed by atoms with E-state index in [4.69, 9.17) is 10.5 Å². The molecule has 0 aliphatic heterocycles. The number of nitrogen functional groups attached to an aromatic ring is 1. The van der Waals surface area contributed by atoms with Gasteiger partial charge in [0.25, 0.3) is 5.56 Å². The van der Waals surface area contributed by atoms with Crippen LogP contribution in [0, 0.1) is 6.92 Å². The summed E-state index contributed by atoms with van der Waals surface area (Å²) in [4.78, 5) is 23.7. The molecule has 0 saturated heterocycles. The fourth-order valence-corrected chi connectivity index (χ4v) is 2.10. The molecule has 2 rings (SSSR count). The number of methoxy groups -OCH3 is 1. The molecule has 20 heavy (non-hydrogen) atoms. The predicted octanol–water partition coefficient (Wildman–Crippen LogP) is 1.57. The molecule has 2 aromatic rings. The fraction of sp³-hybridized carbons (Fsp3) is 0.200. The van der Waals surface area contributed by atoms with Crippen LogP contribution in [0.3, 0.4) is 0 Å². The minimum absolute atomic E-state index is 0.122. The normalized spacial score (nSPS) is 10.3. The monoisotopic (exact) mass is 272 g/mol. The maximum absolute atomic E-state index is 11.9. The summed E-state index contributed by atoms with van der Waals surface area (Å²) in [6.07, 6.45) is 0. The number of hydrogen-bond donors (Lipinski definition) is 1. The molecule has 0 spiro atoms. The van der Waals surface area contributed by atoms with Crippen molar-refractivity contribution in [2.75, 3.05) is 12.8 Å². The zero-order valence-electron chi connectivity index (χ0n) is 11.4. The first kappa shape index (κ1) is 13.9. The molecular weight excluding hydrogens is 256 g/mol. The first-order valence-electron chi connectivity index (χ1n) is 6.16. The maximum Gasteiger partial charge on any atom is 0.340 e. The Morgan fingerprint density at radius 1 is 1.25 bits per heavy atom. The van der Waals surface area contributed by atoms with Crippen molar-refractivity contribution in [2.24, 2.45) is 0 Å². The second-order valence-electron chi connectivity index (χ2n) is 4.46. The number of pyridine rings is 1. The number of rotatable bonds is 3. The summed E-state index contributed by atoms with van der Waals surface area (Å²) < 4.78 is 6.33. The molecule has 5 nitrogen and oxygen atoms in total. The zero-order valence-corrected chi connectivity index (χ0v) is 11.4. The minimum Gasteiger partial charge on any atom is -0.465 e. The number of hydrogen-bond acceptors (Lipinski definition) is 4. The molecule has 0 unspecified atom stereocenters. The molecule has 0 atom stereocenters. The number of nitrogens with zero attached hydrogens (tertiary/aromatic N) is 1. The number of esters is 1. The number of benzene rings is 1. The quantitative estimate of drug-likeness (QED) is 0.680. The molecule has 104 valence electrons. The molecule has 1 aromatic heterocycles. The van der Waals surface area contributed by atoms with Crippen LogP contribution in [-0.4, -0.2) is 17.6 Å². The second kappa shape index (κ2) is 5.61. The van der Waals surface area contributed by atoms with Gasteiger partial charge in [0.1, 0.15) is 0 Å². The van der Waals surface area contributed by atoms with Gasteiger partial charge in [-0.2, -0.15) is 0 Å². The lowest BCUT2D eigenvalue weighted by molar-refractivity contribution is 0.0600. The Balaban J connectivity index is 2.52. The Morgan fingerprint density at radius 3 is 2.60 bits per heavy atom.